The molecule has 0 aromatic carbocycles. The highest BCUT2D eigenvalue weighted by Gasteiger charge is 2.24. The van der Waals surface area contributed by atoms with Gasteiger partial charge in [0.15, 0.2) is 0 Å². The van der Waals surface area contributed by atoms with Gasteiger partial charge in [0.1, 0.15) is 0 Å². The van der Waals surface area contributed by atoms with Crippen LogP contribution in [0.5, 0.6) is 0 Å². The van der Waals surface area contributed by atoms with Crippen LogP contribution in [0.2, 0.25) is 0 Å². The highest BCUT2D eigenvalue weighted by Crippen LogP contribution is 2.04. The van der Waals surface area contributed by atoms with Gasteiger partial charge in [-0.25, -0.2) is 0 Å². The van der Waals surface area contributed by atoms with E-state index in [-0.39, 0.29) is 11.8 Å². The fourth-order valence-corrected chi connectivity index (χ4v) is 2.52. The Bertz CT molecular complexity index is 337. The molecule has 2 fully saturated rings. The Morgan fingerprint density at radius 1 is 0.950 bits per heavy atom. The van der Waals surface area contributed by atoms with Crippen molar-refractivity contribution in [3.05, 3.63) is 0 Å². The maximum absolute atomic E-state index is 12.1. The molecule has 0 atom stereocenters. The van der Waals surface area contributed by atoms with Gasteiger partial charge in [0, 0.05) is 39.3 Å². The largest absolute Gasteiger partial charge is 0.378 e. The Labute approximate surface area is 119 Å². The van der Waals surface area contributed by atoms with Gasteiger partial charge in [0.05, 0.1) is 26.3 Å². The molecule has 0 aliphatic carbocycles. The van der Waals surface area contributed by atoms with Gasteiger partial charge < -0.3 is 19.9 Å². The summed E-state index contributed by atoms with van der Waals surface area (Å²) in [6.07, 6.45) is 0. The quantitative estimate of drug-likeness (QED) is 0.660. The number of rotatable bonds is 4. The summed E-state index contributed by atoms with van der Waals surface area (Å²) in [7, 11) is 1.77. The number of carbonyl (C=O) groups is 2. The lowest BCUT2D eigenvalue weighted by Gasteiger charge is -2.36. The van der Waals surface area contributed by atoms with Gasteiger partial charge >= 0.3 is 0 Å². The fraction of sp³-hybridized carbons (Fsp3) is 0.846. The van der Waals surface area contributed by atoms with E-state index in [4.69, 9.17) is 4.74 Å². The zero-order valence-electron chi connectivity index (χ0n) is 12.1. The third-order valence-electron chi connectivity index (χ3n) is 3.78. The van der Waals surface area contributed by atoms with Gasteiger partial charge in [-0.05, 0) is 7.05 Å². The molecule has 7 nitrogen and oxygen atoms in total. The van der Waals surface area contributed by atoms with Crippen molar-refractivity contribution < 1.29 is 14.3 Å². The minimum atomic E-state index is 0.131. The Kier molecular flexibility index (Phi) is 5.75. The molecule has 2 aliphatic rings. The number of likely N-dealkylation sites (N-methyl/N-ethyl adjacent to an activating group) is 1. The van der Waals surface area contributed by atoms with E-state index < -0.39 is 0 Å². The number of hydrogen-bond donors (Lipinski definition) is 1. The topological polar surface area (TPSA) is 65.1 Å². The molecular weight excluding hydrogens is 260 g/mol. The molecule has 0 spiro atoms. The van der Waals surface area contributed by atoms with E-state index in [1.54, 1.807) is 7.05 Å². The summed E-state index contributed by atoms with van der Waals surface area (Å²) < 4.78 is 5.25. The van der Waals surface area contributed by atoms with Crippen molar-refractivity contribution in [3.63, 3.8) is 0 Å². The highest BCUT2D eigenvalue weighted by molar-refractivity contribution is 5.79. The molecular formula is C13H24N4O3. The Balaban J connectivity index is 1.71. The van der Waals surface area contributed by atoms with E-state index in [0.717, 1.165) is 13.1 Å². The molecule has 2 aliphatic heterocycles. The lowest BCUT2D eigenvalue weighted by molar-refractivity contribution is -0.137. The first kappa shape index (κ1) is 15.2. The summed E-state index contributed by atoms with van der Waals surface area (Å²) in [6.45, 7) is 6.45. The van der Waals surface area contributed by atoms with Crippen LogP contribution >= 0.6 is 0 Å². The van der Waals surface area contributed by atoms with Gasteiger partial charge in [-0.1, -0.05) is 0 Å². The average Bonchev–Trinajstić information content (AvgIpc) is 2.49. The van der Waals surface area contributed by atoms with Crippen LogP contribution in [0, 0.1) is 0 Å². The van der Waals surface area contributed by atoms with E-state index in [9.17, 15) is 9.59 Å². The molecule has 20 heavy (non-hydrogen) atoms. The lowest BCUT2D eigenvalue weighted by Crippen LogP contribution is -2.53. The molecule has 2 amide bonds. The second-order valence-corrected chi connectivity index (χ2v) is 5.18. The minimum absolute atomic E-state index is 0.131. The molecule has 0 saturated carbocycles. The fourth-order valence-electron chi connectivity index (χ4n) is 2.52. The molecule has 0 aromatic heterocycles. The predicted molar refractivity (Wildman–Crippen MR) is 74.3 cm³/mol. The number of carbonyl (C=O) groups excluding carboxylic acids is 2. The van der Waals surface area contributed by atoms with Crippen LogP contribution in [-0.4, -0.2) is 99.1 Å². The van der Waals surface area contributed by atoms with Crippen molar-refractivity contribution in [2.45, 2.75) is 0 Å². The number of morpholine rings is 1. The lowest BCUT2D eigenvalue weighted by atomic mass is 10.3. The van der Waals surface area contributed by atoms with Gasteiger partial charge in [-0.15, -0.1) is 0 Å². The number of hydrogen-bond acceptors (Lipinski definition) is 5. The summed E-state index contributed by atoms with van der Waals surface area (Å²) in [5.74, 6) is 0.301. The first-order valence-electron chi connectivity index (χ1n) is 7.21. The number of amides is 2. The smallest absolute Gasteiger partial charge is 0.236 e. The van der Waals surface area contributed by atoms with Crippen LogP contribution in [0.3, 0.4) is 0 Å². The molecule has 114 valence electrons. The molecule has 0 unspecified atom stereocenters. The molecule has 2 heterocycles. The summed E-state index contributed by atoms with van der Waals surface area (Å²) in [4.78, 5) is 29.7. The zero-order valence-corrected chi connectivity index (χ0v) is 12.1. The zero-order chi connectivity index (χ0) is 14.4. The summed E-state index contributed by atoms with van der Waals surface area (Å²) in [5, 5.41) is 2.87. The Morgan fingerprint density at radius 2 is 1.55 bits per heavy atom. The van der Waals surface area contributed by atoms with E-state index in [1.807, 2.05) is 9.80 Å². The number of nitrogens with one attached hydrogen (secondary N) is 1. The SMILES string of the molecule is CNCC(=O)N1CCN(CC(=O)N2CCOCC2)CC1. The van der Waals surface area contributed by atoms with Gasteiger partial charge in [-0.3, -0.25) is 14.5 Å². The van der Waals surface area contributed by atoms with Crippen molar-refractivity contribution in [2.24, 2.45) is 0 Å². The predicted octanol–water partition coefficient (Wildman–Crippen LogP) is -1.79. The van der Waals surface area contributed by atoms with Gasteiger partial charge in [0.25, 0.3) is 0 Å². The summed E-state index contributed by atoms with van der Waals surface area (Å²) in [5.41, 5.74) is 0. The normalized spacial score (nSPS) is 21.1. The van der Waals surface area contributed by atoms with Crippen molar-refractivity contribution in [2.75, 3.05) is 72.6 Å². The van der Waals surface area contributed by atoms with Crippen LogP contribution in [0.25, 0.3) is 0 Å². The molecule has 0 aromatic rings. The average molecular weight is 284 g/mol. The van der Waals surface area contributed by atoms with E-state index in [1.165, 1.54) is 0 Å². The van der Waals surface area contributed by atoms with E-state index >= 15 is 0 Å². The van der Waals surface area contributed by atoms with Crippen LogP contribution < -0.4 is 5.32 Å². The second kappa shape index (κ2) is 7.56. The Hall–Kier alpha value is -1.18. The first-order valence-corrected chi connectivity index (χ1v) is 7.21. The number of nitrogens with zero attached hydrogens (tertiary/aromatic N) is 3. The van der Waals surface area contributed by atoms with Gasteiger partial charge in [0.2, 0.25) is 11.8 Å². The number of piperazine rings is 1. The molecule has 7 heteroatoms. The standard InChI is InChI=1S/C13H24N4O3/c1-14-10-12(18)16-4-2-15(3-5-16)11-13(19)17-6-8-20-9-7-17/h14H,2-11H2,1H3. The highest BCUT2D eigenvalue weighted by atomic mass is 16.5. The summed E-state index contributed by atoms with van der Waals surface area (Å²) >= 11 is 0. The summed E-state index contributed by atoms with van der Waals surface area (Å²) in [6, 6.07) is 0. The van der Waals surface area contributed by atoms with Crippen LogP contribution in [0.1, 0.15) is 0 Å². The van der Waals surface area contributed by atoms with Crippen LogP contribution in [0.15, 0.2) is 0 Å². The molecule has 0 bridgehead atoms. The van der Waals surface area contributed by atoms with Crippen LogP contribution in [-0.2, 0) is 14.3 Å². The van der Waals surface area contributed by atoms with Crippen molar-refractivity contribution in [1.29, 1.82) is 0 Å². The third kappa shape index (κ3) is 4.16. The maximum atomic E-state index is 12.1. The van der Waals surface area contributed by atoms with Crippen molar-refractivity contribution in [1.82, 2.24) is 20.0 Å². The molecule has 2 rings (SSSR count). The van der Waals surface area contributed by atoms with Gasteiger partial charge in [-0.2, -0.15) is 0 Å². The third-order valence-corrected chi connectivity index (χ3v) is 3.78. The molecule has 1 N–H and O–H groups in total. The molecule has 2 saturated heterocycles. The Morgan fingerprint density at radius 3 is 2.15 bits per heavy atom. The van der Waals surface area contributed by atoms with Crippen LogP contribution in [0.4, 0.5) is 0 Å². The molecule has 0 radical (unpaired) electrons. The van der Waals surface area contributed by atoms with E-state index in [0.29, 0.717) is 52.5 Å². The minimum Gasteiger partial charge on any atom is -0.378 e. The first-order chi connectivity index (χ1) is 9.70. The van der Waals surface area contributed by atoms with Crippen molar-refractivity contribution in [3.8, 4) is 0 Å². The maximum Gasteiger partial charge on any atom is 0.236 e. The second-order valence-electron chi connectivity index (χ2n) is 5.18. The van der Waals surface area contributed by atoms with Crippen molar-refractivity contribution >= 4 is 11.8 Å². The monoisotopic (exact) mass is 284 g/mol. The number of ether oxygens (including phenoxy) is 1. The van der Waals surface area contributed by atoms with E-state index in [2.05, 4.69) is 10.2 Å².